The Balaban J connectivity index is 1.06. The van der Waals surface area contributed by atoms with Crippen LogP contribution < -0.4 is 14.2 Å². The number of imidazole rings is 1. The lowest BCUT2D eigenvalue weighted by molar-refractivity contribution is -0.0592. The summed E-state index contributed by atoms with van der Waals surface area (Å²) in [6.07, 6.45) is 4.75. The smallest absolute Gasteiger partial charge is 0.335 e. The van der Waals surface area contributed by atoms with Gasteiger partial charge in [0.25, 0.3) is 0 Å². The van der Waals surface area contributed by atoms with Crippen LogP contribution in [0.1, 0.15) is 59.3 Å². The molecule has 12 nitrogen and oxygen atoms in total. The molecule has 4 heterocycles. The summed E-state index contributed by atoms with van der Waals surface area (Å²) in [5.74, 6) is 2.72. The topological polar surface area (TPSA) is 145 Å². The summed E-state index contributed by atoms with van der Waals surface area (Å²) in [4.78, 5) is 28.8. The minimum absolute atomic E-state index is 0.0691. The molecule has 1 aliphatic carbocycles. The maximum Gasteiger partial charge on any atom is 0.335 e. The van der Waals surface area contributed by atoms with Crippen LogP contribution in [0.15, 0.2) is 42.6 Å². The van der Waals surface area contributed by atoms with Gasteiger partial charge in [-0.05, 0) is 62.9 Å². The second-order valence-corrected chi connectivity index (χ2v) is 12.2. The van der Waals surface area contributed by atoms with Crippen LogP contribution in [0.5, 0.6) is 17.4 Å². The Bertz CT molecular complexity index is 1830. The molecule has 0 radical (unpaired) electrons. The molecule has 0 bridgehead atoms. The SMILES string of the molecule is CCOc1cc(C#N)ccc1COc1ccnc(C23CCN(Cc4nc5c(OC)cc(C(=O)O)cc5n4C[C@@H]4CCO4)CC2C3)n1. The summed E-state index contributed by atoms with van der Waals surface area (Å²) >= 11 is 0. The van der Waals surface area contributed by atoms with Gasteiger partial charge >= 0.3 is 5.97 Å². The maximum absolute atomic E-state index is 11.9. The zero-order chi connectivity index (χ0) is 31.8. The van der Waals surface area contributed by atoms with E-state index in [1.54, 1.807) is 37.6 Å². The number of piperidine rings is 1. The molecule has 0 spiro atoms. The molecule has 3 fully saturated rings. The molecule has 7 rings (SSSR count). The summed E-state index contributed by atoms with van der Waals surface area (Å²) in [5, 5.41) is 19.0. The number of ether oxygens (including phenoxy) is 4. The van der Waals surface area contributed by atoms with E-state index in [0.29, 0.717) is 54.1 Å². The van der Waals surface area contributed by atoms with Crippen molar-refractivity contribution in [2.45, 2.75) is 57.4 Å². The monoisotopic (exact) mass is 624 g/mol. The lowest BCUT2D eigenvalue weighted by atomic mass is 9.94. The number of carbonyl (C=O) groups is 1. The van der Waals surface area contributed by atoms with Gasteiger partial charge in [-0.3, -0.25) is 4.90 Å². The summed E-state index contributed by atoms with van der Waals surface area (Å²) in [5.41, 5.74) is 2.91. The van der Waals surface area contributed by atoms with Crippen LogP contribution in [0, 0.1) is 17.2 Å². The highest BCUT2D eigenvalue weighted by atomic mass is 16.5. The highest BCUT2D eigenvalue weighted by Crippen LogP contribution is 2.58. The summed E-state index contributed by atoms with van der Waals surface area (Å²) in [6, 6.07) is 12.5. The molecule has 2 saturated heterocycles. The van der Waals surface area contributed by atoms with Crippen molar-refractivity contribution in [3.8, 4) is 23.4 Å². The number of nitrogens with zero attached hydrogens (tertiary/aromatic N) is 6. The van der Waals surface area contributed by atoms with Crippen molar-refractivity contribution in [2.24, 2.45) is 5.92 Å². The first-order valence-corrected chi connectivity index (χ1v) is 15.7. The van der Waals surface area contributed by atoms with Crippen LogP contribution in [0.2, 0.25) is 0 Å². The van der Waals surface area contributed by atoms with Crippen molar-refractivity contribution < 1.29 is 28.8 Å². The number of hydrogen-bond acceptors (Lipinski definition) is 10. The van der Waals surface area contributed by atoms with E-state index in [0.717, 1.165) is 61.7 Å². The van der Waals surface area contributed by atoms with E-state index in [9.17, 15) is 15.2 Å². The van der Waals surface area contributed by atoms with E-state index < -0.39 is 5.97 Å². The molecule has 12 heteroatoms. The van der Waals surface area contributed by atoms with Gasteiger partial charge in [0, 0.05) is 36.4 Å². The highest BCUT2D eigenvalue weighted by Gasteiger charge is 2.59. The summed E-state index contributed by atoms with van der Waals surface area (Å²) < 4.78 is 25.2. The average Bonchev–Trinajstić information content (AvgIpc) is 3.69. The molecule has 2 aromatic carbocycles. The zero-order valence-corrected chi connectivity index (χ0v) is 25.9. The molecule has 4 aromatic rings. The number of hydrogen-bond donors (Lipinski definition) is 1. The van der Waals surface area contributed by atoms with E-state index in [1.165, 1.54) is 6.07 Å². The van der Waals surface area contributed by atoms with Gasteiger partial charge in [-0.1, -0.05) is 6.07 Å². The number of carboxylic acid groups (broad SMARTS) is 1. The molecular weight excluding hydrogens is 588 g/mol. The predicted molar refractivity (Wildman–Crippen MR) is 166 cm³/mol. The molecule has 2 aromatic heterocycles. The molecule has 3 aliphatic rings. The number of methoxy groups -OCH3 is 1. The third-order valence-corrected chi connectivity index (χ3v) is 9.44. The summed E-state index contributed by atoms with van der Waals surface area (Å²) in [6.45, 7) is 6.41. The van der Waals surface area contributed by atoms with Gasteiger partial charge in [-0.15, -0.1) is 0 Å². The van der Waals surface area contributed by atoms with Crippen LogP contribution in [0.4, 0.5) is 0 Å². The highest BCUT2D eigenvalue weighted by molar-refractivity contribution is 5.95. The number of likely N-dealkylation sites (tertiary alicyclic amines) is 1. The number of nitriles is 1. The van der Waals surface area contributed by atoms with E-state index in [-0.39, 0.29) is 23.7 Å². The van der Waals surface area contributed by atoms with E-state index in [2.05, 4.69) is 20.5 Å². The zero-order valence-electron chi connectivity index (χ0n) is 25.9. The number of carboxylic acids is 1. The van der Waals surface area contributed by atoms with Gasteiger partial charge in [0.1, 0.15) is 35.3 Å². The molecule has 1 N–H and O–H groups in total. The molecular formula is C34H36N6O6. The third kappa shape index (κ3) is 5.61. The van der Waals surface area contributed by atoms with Crippen molar-refractivity contribution in [2.75, 3.05) is 33.4 Å². The Morgan fingerprint density at radius 1 is 1.20 bits per heavy atom. The van der Waals surface area contributed by atoms with Gasteiger partial charge in [0.2, 0.25) is 5.88 Å². The fourth-order valence-corrected chi connectivity index (χ4v) is 6.74. The first-order chi connectivity index (χ1) is 22.4. The quantitative estimate of drug-likeness (QED) is 0.240. The molecule has 0 amide bonds. The van der Waals surface area contributed by atoms with Crippen LogP contribution in [0.25, 0.3) is 11.0 Å². The maximum atomic E-state index is 11.9. The number of benzene rings is 2. The van der Waals surface area contributed by atoms with Crippen molar-refractivity contribution in [3.63, 3.8) is 0 Å². The number of fused-ring (bicyclic) bond motifs is 2. The molecule has 238 valence electrons. The van der Waals surface area contributed by atoms with E-state index >= 15 is 0 Å². The Morgan fingerprint density at radius 3 is 2.78 bits per heavy atom. The van der Waals surface area contributed by atoms with Crippen LogP contribution in [0.3, 0.4) is 0 Å². The third-order valence-electron chi connectivity index (χ3n) is 9.44. The molecule has 1 saturated carbocycles. The van der Waals surface area contributed by atoms with Gasteiger partial charge in [-0.25, -0.2) is 14.8 Å². The van der Waals surface area contributed by atoms with Crippen LogP contribution in [-0.4, -0.2) is 75.0 Å². The Labute approximate surface area is 266 Å². The Hall–Kier alpha value is -4.73. The minimum Gasteiger partial charge on any atom is -0.494 e. The predicted octanol–water partition coefficient (Wildman–Crippen LogP) is 4.33. The van der Waals surface area contributed by atoms with Gasteiger partial charge in [0.05, 0.1) is 55.6 Å². The number of rotatable bonds is 12. The minimum atomic E-state index is -1.00. The average molecular weight is 625 g/mol. The van der Waals surface area contributed by atoms with E-state index in [4.69, 9.17) is 28.9 Å². The standard InChI is InChI=1S/C34H36N6O6/c1-3-44-27-12-21(16-35)4-5-22(27)20-46-30-6-9-36-33(38-30)34-8-10-39(17-24(34)15-34)19-29-37-31-26(40(29)18-25-7-11-45-25)13-23(32(41)42)14-28(31)43-2/h4-6,9,12-14,24-25H,3,7-8,10-11,15,17-20H2,1-2H3,(H,41,42)/t24?,25-,34?/m0/s1. The first-order valence-electron chi connectivity index (χ1n) is 15.7. The van der Waals surface area contributed by atoms with Crippen LogP contribution in [-0.2, 0) is 29.8 Å². The van der Waals surface area contributed by atoms with Gasteiger partial charge in [-0.2, -0.15) is 10.2 Å². The summed E-state index contributed by atoms with van der Waals surface area (Å²) in [7, 11) is 1.54. The fraction of sp³-hybridized carbons (Fsp3) is 0.441. The van der Waals surface area contributed by atoms with Crippen molar-refractivity contribution in [1.82, 2.24) is 24.4 Å². The molecule has 3 atom stereocenters. The van der Waals surface area contributed by atoms with Crippen molar-refractivity contribution >= 4 is 17.0 Å². The molecule has 46 heavy (non-hydrogen) atoms. The number of aromatic nitrogens is 4. The fourth-order valence-electron chi connectivity index (χ4n) is 6.74. The Kier molecular flexibility index (Phi) is 7.96. The lowest BCUT2D eigenvalue weighted by Crippen LogP contribution is -2.38. The first kappa shape index (κ1) is 30.0. The second-order valence-electron chi connectivity index (χ2n) is 12.2. The normalized spacial score (nSPS) is 22.0. The van der Waals surface area contributed by atoms with Gasteiger partial charge < -0.3 is 28.6 Å². The van der Waals surface area contributed by atoms with Crippen molar-refractivity contribution in [3.05, 3.63) is 70.9 Å². The second kappa shape index (κ2) is 12.2. The van der Waals surface area contributed by atoms with Crippen LogP contribution >= 0.6 is 0 Å². The van der Waals surface area contributed by atoms with Gasteiger partial charge in [0.15, 0.2) is 0 Å². The van der Waals surface area contributed by atoms with Crippen molar-refractivity contribution in [1.29, 1.82) is 5.26 Å². The molecule has 2 unspecified atom stereocenters. The molecule has 2 aliphatic heterocycles. The number of aromatic carboxylic acids is 1. The van der Waals surface area contributed by atoms with E-state index in [1.807, 2.05) is 13.0 Å². The Morgan fingerprint density at radius 2 is 2.07 bits per heavy atom. The largest absolute Gasteiger partial charge is 0.494 e. The lowest BCUT2D eigenvalue weighted by Gasteiger charge is -2.31.